The number of aliphatic hydroxyl groups excluding tert-OH is 1. The predicted molar refractivity (Wildman–Crippen MR) is 58.5 cm³/mol. The summed E-state index contributed by atoms with van der Waals surface area (Å²) in [6, 6.07) is 4.88. The highest BCUT2D eigenvalue weighted by Gasteiger charge is 2.16. The molecular formula is C9H9Cl3O2. The molecule has 0 radical (unpaired) electrons. The summed E-state index contributed by atoms with van der Waals surface area (Å²) in [6.45, 7) is 0. The van der Waals surface area contributed by atoms with Crippen LogP contribution in [0, 0.1) is 0 Å². The van der Waals surface area contributed by atoms with E-state index >= 15 is 0 Å². The van der Waals surface area contributed by atoms with Crippen molar-refractivity contribution >= 4 is 34.8 Å². The number of hydrogen-bond donors (Lipinski definition) is 1. The molecule has 1 aromatic rings. The minimum atomic E-state index is -0.943. The molecule has 0 aliphatic carbocycles. The Hall–Kier alpha value is -0.150. The van der Waals surface area contributed by atoms with E-state index in [0.717, 1.165) is 0 Å². The van der Waals surface area contributed by atoms with Crippen LogP contribution in [-0.2, 0) is 0 Å². The summed E-state index contributed by atoms with van der Waals surface area (Å²) in [7, 11) is 1.52. The maximum absolute atomic E-state index is 9.52. The van der Waals surface area contributed by atoms with Crippen LogP contribution in [-0.4, -0.2) is 17.1 Å². The molecule has 2 nitrogen and oxygen atoms in total. The van der Waals surface area contributed by atoms with E-state index in [4.69, 9.17) is 39.5 Å². The number of ether oxygens (including phenoxy) is 1. The lowest BCUT2D eigenvalue weighted by molar-refractivity contribution is 0.193. The van der Waals surface area contributed by atoms with Crippen molar-refractivity contribution in [2.24, 2.45) is 0 Å². The lowest BCUT2D eigenvalue weighted by Crippen LogP contribution is -2.05. The lowest BCUT2D eigenvalue weighted by atomic mass is 10.1. The molecular weight excluding hydrogens is 246 g/mol. The third-order valence-corrected chi connectivity index (χ3v) is 2.53. The summed E-state index contributed by atoms with van der Waals surface area (Å²) in [5.41, 5.74) is 0.561. The van der Waals surface area contributed by atoms with E-state index in [1.165, 1.54) is 7.11 Å². The molecule has 1 unspecified atom stereocenters. The van der Waals surface area contributed by atoms with Gasteiger partial charge in [0, 0.05) is 0 Å². The van der Waals surface area contributed by atoms with Gasteiger partial charge in [0.15, 0.2) is 0 Å². The first-order chi connectivity index (χ1) is 6.56. The van der Waals surface area contributed by atoms with Crippen molar-refractivity contribution in [1.82, 2.24) is 0 Å². The van der Waals surface area contributed by atoms with Gasteiger partial charge in [-0.2, -0.15) is 0 Å². The fraction of sp³-hybridized carbons (Fsp3) is 0.333. The van der Waals surface area contributed by atoms with Gasteiger partial charge in [-0.3, -0.25) is 0 Å². The monoisotopic (exact) mass is 254 g/mol. The Labute approximate surface area is 97.3 Å². The molecule has 0 saturated carbocycles. The number of benzene rings is 1. The van der Waals surface area contributed by atoms with Crippen LogP contribution >= 0.6 is 34.8 Å². The Morgan fingerprint density at radius 2 is 2.00 bits per heavy atom. The zero-order valence-electron chi connectivity index (χ0n) is 7.38. The number of alkyl halides is 2. The fourth-order valence-corrected chi connectivity index (χ4v) is 1.57. The molecule has 1 N–H and O–H groups in total. The number of methoxy groups -OCH3 is 1. The van der Waals surface area contributed by atoms with Crippen molar-refractivity contribution < 1.29 is 9.84 Å². The van der Waals surface area contributed by atoms with Gasteiger partial charge in [-0.1, -0.05) is 17.7 Å². The topological polar surface area (TPSA) is 29.5 Å². The third-order valence-electron chi connectivity index (χ3n) is 1.76. The van der Waals surface area contributed by atoms with Gasteiger partial charge in [0.2, 0.25) is 0 Å². The van der Waals surface area contributed by atoms with E-state index in [-0.39, 0.29) is 0 Å². The molecule has 78 valence electrons. The van der Waals surface area contributed by atoms with Gasteiger partial charge >= 0.3 is 0 Å². The van der Waals surface area contributed by atoms with Gasteiger partial charge in [-0.25, -0.2) is 0 Å². The Bertz CT molecular complexity index is 315. The van der Waals surface area contributed by atoms with Crippen molar-refractivity contribution in [2.45, 2.75) is 10.9 Å². The first-order valence-electron chi connectivity index (χ1n) is 3.86. The van der Waals surface area contributed by atoms with Crippen molar-refractivity contribution in [3.63, 3.8) is 0 Å². The maximum atomic E-state index is 9.52. The van der Waals surface area contributed by atoms with Crippen LogP contribution in [0.25, 0.3) is 0 Å². The van der Waals surface area contributed by atoms with E-state index in [0.29, 0.717) is 16.3 Å². The second-order valence-corrected chi connectivity index (χ2v) is 4.24. The lowest BCUT2D eigenvalue weighted by Gasteiger charge is -2.12. The Morgan fingerprint density at radius 1 is 1.36 bits per heavy atom. The summed E-state index contributed by atoms with van der Waals surface area (Å²) in [5.74, 6) is 0.545. The molecule has 0 spiro atoms. The minimum Gasteiger partial charge on any atom is -0.495 e. The van der Waals surface area contributed by atoms with Crippen LogP contribution < -0.4 is 4.74 Å². The first-order valence-corrected chi connectivity index (χ1v) is 5.11. The normalized spacial score (nSPS) is 13.0. The molecule has 0 amide bonds. The Morgan fingerprint density at radius 3 is 2.43 bits per heavy atom. The highest BCUT2D eigenvalue weighted by Crippen LogP contribution is 2.30. The largest absolute Gasteiger partial charge is 0.495 e. The van der Waals surface area contributed by atoms with Gasteiger partial charge in [-0.05, 0) is 17.7 Å². The average molecular weight is 256 g/mol. The number of rotatable bonds is 3. The van der Waals surface area contributed by atoms with E-state index in [1.807, 2.05) is 0 Å². The van der Waals surface area contributed by atoms with Crippen molar-refractivity contribution in [1.29, 1.82) is 0 Å². The molecule has 0 saturated heterocycles. The summed E-state index contributed by atoms with van der Waals surface area (Å²) >= 11 is 16.9. The zero-order valence-corrected chi connectivity index (χ0v) is 9.64. The molecule has 0 heterocycles. The highest BCUT2D eigenvalue weighted by atomic mass is 35.5. The molecule has 0 aromatic heterocycles. The SMILES string of the molecule is COc1ccc(C(O)C(Cl)Cl)cc1Cl. The van der Waals surface area contributed by atoms with E-state index in [2.05, 4.69) is 0 Å². The van der Waals surface area contributed by atoms with E-state index in [9.17, 15) is 5.11 Å². The predicted octanol–water partition coefficient (Wildman–Crippen LogP) is 3.19. The van der Waals surface area contributed by atoms with Gasteiger partial charge < -0.3 is 9.84 Å². The molecule has 1 atom stereocenters. The number of hydrogen-bond acceptors (Lipinski definition) is 2. The summed E-state index contributed by atoms with van der Waals surface area (Å²) in [5, 5.41) is 9.94. The summed E-state index contributed by atoms with van der Waals surface area (Å²) < 4.78 is 4.96. The van der Waals surface area contributed by atoms with Gasteiger partial charge in [0.05, 0.1) is 12.1 Å². The molecule has 1 aromatic carbocycles. The van der Waals surface area contributed by atoms with E-state index < -0.39 is 10.9 Å². The second kappa shape index (κ2) is 5.08. The molecule has 0 aliphatic rings. The van der Waals surface area contributed by atoms with Crippen LogP contribution in [0.15, 0.2) is 18.2 Å². The van der Waals surface area contributed by atoms with Crippen LogP contribution in [0.1, 0.15) is 11.7 Å². The van der Waals surface area contributed by atoms with Crippen molar-refractivity contribution in [3.05, 3.63) is 28.8 Å². The van der Waals surface area contributed by atoms with Crippen LogP contribution in [0.2, 0.25) is 5.02 Å². The molecule has 1 rings (SSSR count). The summed E-state index contributed by atoms with van der Waals surface area (Å²) in [4.78, 5) is -0.875. The van der Waals surface area contributed by atoms with Crippen LogP contribution in [0.4, 0.5) is 0 Å². The Kier molecular flexibility index (Phi) is 4.32. The molecule has 0 aliphatic heterocycles. The van der Waals surface area contributed by atoms with Crippen LogP contribution in [0.5, 0.6) is 5.75 Å². The van der Waals surface area contributed by atoms with Gasteiger partial charge in [0.25, 0.3) is 0 Å². The highest BCUT2D eigenvalue weighted by molar-refractivity contribution is 6.44. The quantitative estimate of drug-likeness (QED) is 0.841. The molecule has 5 heteroatoms. The number of halogens is 3. The Balaban J connectivity index is 2.96. The fourth-order valence-electron chi connectivity index (χ4n) is 1.01. The van der Waals surface area contributed by atoms with Gasteiger partial charge in [-0.15, -0.1) is 23.2 Å². The molecule has 0 fully saturated rings. The van der Waals surface area contributed by atoms with Gasteiger partial charge in [0.1, 0.15) is 16.7 Å². The first kappa shape index (κ1) is 11.9. The maximum Gasteiger partial charge on any atom is 0.137 e. The average Bonchev–Trinajstić information content (AvgIpc) is 2.16. The van der Waals surface area contributed by atoms with Crippen molar-refractivity contribution in [3.8, 4) is 5.75 Å². The number of aliphatic hydroxyl groups is 1. The summed E-state index contributed by atoms with van der Waals surface area (Å²) in [6.07, 6.45) is -0.943. The smallest absolute Gasteiger partial charge is 0.137 e. The standard InChI is InChI=1S/C9H9Cl3O2/c1-14-7-3-2-5(4-6(7)10)8(13)9(11)12/h2-4,8-9,13H,1H3. The van der Waals surface area contributed by atoms with Crippen LogP contribution in [0.3, 0.4) is 0 Å². The molecule has 14 heavy (non-hydrogen) atoms. The zero-order chi connectivity index (χ0) is 10.7. The third kappa shape index (κ3) is 2.67. The van der Waals surface area contributed by atoms with E-state index in [1.54, 1.807) is 18.2 Å². The minimum absolute atomic E-state index is 0.415. The second-order valence-electron chi connectivity index (χ2n) is 2.67. The van der Waals surface area contributed by atoms with Crippen molar-refractivity contribution in [2.75, 3.05) is 7.11 Å². The molecule has 0 bridgehead atoms.